The number of hydrogen-bond acceptors (Lipinski definition) is 4. The number of ether oxygens (including phenoxy) is 2. The van der Waals surface area contributed by atoms with Crippen LogP contribution in [0.25, 0.3) is 11.1 Å². The lowest BCUT2D eigenvalue weighted by Crippen LogP contribution is -2.42. The summed E-state index contributed by atoms with van der Waals surface area (Å²) in [6.07, 6.45) is 1.77. The van der Waals surface area contributed by atoms with Gasteiger partial charge in [0.05, 0.1) is 14.2 Å². The average Bonchev–Trinajstić information content (AvgIpc) is 3.19. The predicted octanol–water partition coefficient (Wildman–Crippen LogP) is 6.12. The van der Waals surface area contributed by atoms with Crippen LogP contribution < -0.4 is 9.47 Å². The molecule has 1 aliphatic carbocycles. The highest BCUT2D eigenvalue weighted by atomic mass is 19.1. The fourth-order valence-corrected chi connectivity index (χ4v) is 5.51. The van der Waals surface area contributed by atoms with Crippen molar-refractivity contribution in [3.8, 4) is 22.6 Å². The third kappa shape index (κ3) is 4.96. The molecule has 1 unspecified atom stereocenters. The van der Waals surface area contributed by atoms with E-state index in [-0.39, 0.29) is 18.1 Å². The molecule has 0 spiro atoms. The molecular weight excluding hydrogens is 441 g/mol. The maximum absolute atomic E-state index is 15.8. The summed E-state index contributed by atoms with van der Waals surface area (Å²) in [7, 11) is 3.14. The second-order valence-electron chi connectivity index (χ2n) is 9.82. The smallest absolute Gasteiger partial charge is 0.166 e. The normalized spacial score (nSPS) is 19.4. The molecule has 1 aliphatic heterocycles. The number of hydrogen-bond donors (Lipinski definition) is 0. The van der Waals surface area contributed by atoms with Crippen molar-refractivity contribution in [3.05, 3.63) is 83.4 Å². The zero-order valence-corrected chi connectivity index (χ0v) is 20.4. The Morgan fingerprint density at radius 1 is 0.914 bits per heavy atom. The topological polar surface area (TPSA) is 38.8 Å². The molecule has 5 heteroatoms. The number of carbonyl (C=O) groups excluding carboxylic acids is 1. The fourth-order valence-electron chi connectivity index (χ4n) is 5.51. The van der Waals surface area contributed by atoms with Gasteiger partial charge in [-0.3, -0.25) is 9.69 Å². The van der Waals surface area contributed by atoms with Gasteiger partial charge in [0.2, 0.25) is 0 Å². The number of fused-ring (bicyclic) bond motifs is 1. The Morgan fingerprint density at radius 3 is 2.20 bits per heavy atom. The van der Waals surface area contributed by atoms with Crippen LogP contribution in [-0.4, -0.2) is 43.7 Å². The highest BCUT2D eigenvalue weighted by Crippen LogP contribution is 2.42. The van der Waals surface area contributed by atoms with E-state index in [4.69, 9.17) is 9.47 Å². The quantitative estimate of drug-likeness (QED) is 0.414. The Morgan fingerprint density at radius 2 is 1.54 bits per heavy atom. The summed E-state index contributed by atoms with van der Waals surface area (Å²) in [5.74, 6) is 0.864. The van der Waals surface area contributed by atoms with E-state index in [2.05, 4.69) is 41.3 Å². The zero-order valence-electron chi connectivity index (χ0n) is 20.4. The summed E-state index contributed by atoms with van der Waals surface area (Å²) < 4.78 is 26.6. The molecule has 0 saturated carbocycles. The number of benzene rings is 3. The third-order valence-corrected chi connectivity index (χ3v) is 7.54. The second-order valence-corrected chi connectivity index (χ2v) is 9.82. The van der Waals surface area contributed by atoms with E-state index in [0.29, 0.717) is 49.4 Å². The maximum atomic E-state index is 15.8. The number of likely N-dealkylation sites (tertiary alicyclic amines) is 1. The maximum Gasteiger partial charge on any atom is 0.166 e. The number of piperidine rings is 1. The first kappa shape index (κ1) is 23.6. The van der Waals surface area contributed by atoms with Crippen LogP contribution in [-0.2, 0) is 13.0 Å². The zero-order chi connectivity index (χ0) is 24.4. The molecule has 0 radical (unpaired) electrons. The van der Waals surface area contributed by atoms with Gasteiger partial charge in [0, 0.05) is 31.1 Å². The Kier molecular flexibility index (Phi) is 6.61. The van der Waals surface area contributed by atoms with Crippen molar-refractivity contribution in [2.45, 2.75) is 37.9 Å². The summed E-state index contributed by atoms with van der Waals surface area (Å²) in [5.41, 5.74) is 3.92. The van der Waals surface area contributed by atoms with Gasteiger partial charge in [0.25, 0.3) is 0 Å². The minimum atomic E-state index is -1.30. The fraction of sp³-hybridized carbons (Fsp3) is 0.367. The van der Waals surface area contributed by atoms with E-state index < -0.39 is 5.67 Å². The summed E-state index contributed by atoms with van der Waals surface area (Å²) in [6.45, 7) is 2.22. The van der Waals surface area contributed by atoms with Crippen LogP contribution in [0.15, 0.2) is 66.7 Å². The molecule has 4 nitrogen and oxygen atoms in total. The van der Waals surface area contributed by atoms with Gasteiger partial charge in [0.1, 0.15) is 5.67 Å². The highest BCUT2D eigenvalue weighted by molar-refractivity contribution is 6.03. The van der Waals surface area contributed by atoms with Crippen LogP contribution in [0.4, 0.5) is 4.39 Å². The molecule has 3 aromatic rings. The number of methoxy groups -OCH3 is 2. The van der Waals surface area contributed by atoms with Crippen LogP contribution in [0.1, 0.15) is 40.7 Å². The van der Waals surface area contributed by atoms with Crippen molar-refractivity contribution >= 4 is 5.78 Å². The van der Waals surface area contributed by atoms with Crippen LogP contribution in [0, 0.1) is 5.92 Å². The summed E-state index contributed by atoms with van der Waals surface area (Å²) in [6, 6.07) is 22.6. The first-order valence-corrected chi connectivity index (χ1v) is 12.3. The van der Waals surface area contributed by atoms with E-state index in [1.54, 1.807) is 20.3 Å². The molecule has 1 atom stereocenters. The molecule has 35 heavy (non-hydrogen) atoms. The monoisotopic (exact) mass is 473 g/mol. The van der Waals surface area contributed by atoms with Crippen LogP contribution in [0.2, 0.25) is 0 Å². The van der Waals surface area contributed by atoms with Crippen molar-refractivity contribution in [1.29, 1.82) is 0 Å². The van der Waals surface area contributed by atoms with Crippen molar-refractivity contribution in [1.82, 2.24) is 4.90 Å². The van der Waals surface area contributed by atoms with Gasteiger partial charge in [-0.05, 0) is 60.1 Å². The Bertz CT molecular complexity index is 1180. The lowest BCUT2D eigenvalue weighted by atomic mass is 9.82. The van der Waals surface area contributed by atoms with Gasteiger partial charge in [0.15, 0.2) is 17.3 Å². The van der Waals surface area contributed by atoms with Crippen LogP contribution >= 0.6 is 0 Å². The number of alkyl halides is 1. The Balaban J connectivity index is 1.17. The first-order valence-electron chi connectivity index (χ1n) is 12.3. The molecule has 5 rings (SSSR count). The lowest BCUT2D eigenvalue weighted by molar-refractivity contribution is 0.0336. The van der Waals surface area contributed by atoms with E-state index >= 15 is 4.39 Å². The van der Waals surface area contributed by atoms with E-state index in [0.717, 1.165) is 12.1 Å². The first-order chi connectivity index (χ1) is 17.0. The Labute approximate surface area is 206 Å². The third-order valence-electron chi connectivity index (χ3n) is 7.54. The SMILES string of the molecule is COc1cc2c(cc1OC)C(=O)C(CC1(F)CCN(Cc3ccc(-c4ccccc4)cc3)CC1)C2. The molecule has 1 fully saturated rings. The van der Waals surface area contributed by atoms with Gasteiger partial charge in [-0.2, -0.15) is 0 Å². The van der Waals surface area contributed by atoms with E-state index in [1.165, 1.54) is 16.7 Å². The summed E-state index contributed by atoms with van der Waals surface area (Å²) >= 11 is 0. The lowest BCUT2D eigenvalue weighted by Gasteiger charge is -2.37. The largest absolute Gasteiger partial charge is 0.493 e. The number of carbonyl (C=O) groups is 1. The highest BCUT2D eigenvalue weighted by Gasteiger charge is 2.41. The molecule has 182 valence electrons. The average molecular weight is 474 g/mol. The molecule has 0 N–H and O–H groups in total. The van der Waals surface area contributed by atoms with Crippen LogP contribution in [0.5, 0.6) is 11.5 Å². The number of rotatable bonds is 7. The second kappa shape index (κ2) is 9.82. The molecule has 2 aliphatic rings. The predicted molar refractivity (Wildman–Crippen MR) is 136 cm³/mol. The number of nitrogens with zero attached hydrogens (tertiary/aromatic N) is 1. The van der Waals surface area contributed by atoms with Crippen LogP contribution in [0.3, 0.4) is 0 Å². The van der Waals surface area contributed by atoms with Gasteiger partial charge >= 0.3 is 0 Å². The molecule has 0 amide bonds. The van der Waals surface area contributed by atoms with Crippen molar-refractivity contribution in [2.75, 3.05) is 27.3 Å². The standard InChI is InChI=1S/C30H32FNO3/c1-34-27-17-24-16-25(29(33)26(24)18-28(27)35-2)19-30(31)12-14-32(15-13-30)20-21-8-10-23(11-9-21)22-6-4-3-5-7-22/h3-11,17-18,25H,12-16,19-20H2,1-2H3. The number of halogens is 1. The molecule has 1 heterocycles. The van der Waals surface area contributed by atoms with Crippen molar-refractivity contribution in [2.24, 2.45) is 5.92 Å². The number of Topliss-reactive ketones (excluding diaryl/α,β-unsaturated/α-hetero) is 1. The van der Waals surface area contributed by atoms with Gasteiger partial charge in [-0.1, -0.05) is 54.6 Å². The number of ketones is 1. The molecule has 0 bridgehead atoms. The van der Waals surface area contributed by atoms with Gasteiger partial charge in [-0.25, -0.2) is 4.39 Å². The minimum Gasteiger partial charge on any atom is -0.493 e. The summed E-state index contributed by atoms with van der Waals surface area (Å²) in [4.78, 5) is 15.4. The molecule has 0 aromatic heterocycles. The van der Waals surface area contributed by atoms with E-state index in [9.17, 15) is 4.79 Å². The Hall–Kier alpha value is -3.18. The van der Waals surface area contributed by atoms with Gasteiger partial charge < -0.3 is 9.47 Å². The van der Waals surface area contributed by atoms with Crippen molar-refractivity contribution < 1.29 is 18.7 Å². The molecule has 1 saturated heterocycles. The molecular formula is C30H32FNO3. The minimum absolute atomic E-state index is 0.0268. The summed E-state index contributed by atoms with van der Waals surface area (Å²) in [5, 5.41) is 0. The van der Waals surface area contributed by atoms with Gasteiger partial charge in [-0.15, -0.1) is 0 Å². The molecule has 3 aromatic carbocycles. The van der Waals surface area contributed by atoms with E-state index in [1.807, 2.05) is 24.3 Å². The van der Waals surface area contributed by atoms with Crippen molar-refractivity contribution in [3.63, 3.8) is 0 Å².